The van der Waals surface area contributed by atoms with E-state index in [4.69, 9.17) is 14.8 Å². The van der Waals surface area contributed by atoms with Gasteiger partial charge < -0.3 is 21.1 Å². The normalized spacial score (nSPS) is 13.8. The van der Waals surface area contributed by atoms with Crippen molar-refractivity contribution in [2.45, 2.75) is 296 Å². The zero-order valence-corrected chi connectivity index (χ0v) is 40.4. The van der Waals surface area contributed by atoms with E-state index in [0.29, 0.717) is 12.8 Å². The Morgan fingerprint density at radius 2 is 0.780 bits per heavy atom. The van der Waals surface area contributed by atoms with E-state index < -0.39 is 20.0 Å². The van der Waals surface area contributed by atoms with Crippen LogP contribution in [-0.2, 0) is 18.4 Å². The maximum Gasteiger partial charge on any atom is 0.472 e. The molecule has 5 N–H and O–H groups in total. The molecule has 9 heteroatoms. The zero-order valence-electron chi connectivity index (χ0n) is 39.5. The summed E-state index contributed by atoms with van der Waals surface area (Å²) in [5.74, 6) is -0.154. The van der Waals surface area contributed by atoms with Crippen LogP contribution in [0.3, 0.4) is 0 Å². The predicted octanol–water partition coefficient (Wildman–Crippen LogP) is 15.3. The molecule has 0 aromatic heterocycles. The number of unbranched alkanes of at least 4 members (excludes halogenated alkanes) is 38. The van der Waals surface area contributed by atoms with Gasteiger partial charge in [0.15, 0.2) is 0 Å². The number of carbonyl (C=O) groups is 1. The molecule has 3 atom stereocenters. The molecule has 0 aliphatic heterocycles. The van der Waals surface area contributed by atoms with E-state index in [1.54, 1.807) is 0 Å². The summed E-state index contributed by atoms with van der Waals surface area (Å²) in [6.45, 7) is 4.26. The molecule has 0 aromatic rings. The van der Waals surface area contributed by atoms with E-state index in [-0.39, 0.29) is 25.7 Å². The lowest BCUT2D eigenvalue weighted by molar-refractivity contribution is -0.123. The lowest BCUT2D eigenvalue weighted by Gasteiger charge is -2.25. The van der Waals surface area contributed by atoms with Crippen molar-refractivity contribution in [1.82, 2.24) is 5.32 Å². The molecule has 0 heterocycles. The summed E-state index contributed by atoms with van der Waals surface area (Å²) in [5, 5.41) is 13.9. The summed E-state index contributed by atoms with van der Waals surface area (Å²) in [7, 11) is -4.31. The summed E-state index contributed by atoms with van der Waals surface area (Å²) in [4.78, 5) is 22.8. The number of phosphoric ester groups is 1. The number of amides is 1. The molecule has 0 fully saturated rings. The largest absolute Gasteiger partial charge is 0.472 e. The topological polar surface area (TPSA) is 131 Å². The van der Waals surface area contributed by atoms with Crippen molar-refractivity contribution in [2.75, 3.05) is 19.8 Å². The molecule has 0 radical (unpaired) electrons. The maximum atomic E-state index is 12.8. The molecular weight excluding hydrogens is 756 g/mol. The molecule has 0 aliphatic carbocycles. The molecule has 0 rings (SSSR count). The third-order valence-electron chi connectivity index (χ3n) is 12.2. The van der Waals surface area contributed by atoms with Crippen molar-refractivity contribution in [2.24, 2.45) is 5.73 Å². The number of nitrogens with two attached hydrogens (primary N) is 1. The molecule has 0 saturated heterocycles. The predicted molar refractivity (Wildman–Crippen MR) is 254 cm³/mol. The average Bonchev–Trinajstić information content (AvgIpc) is 3.22. The molecule has 0 aromatic carbocycles. The molecule has 8 nitrogen and oxygen atoms in total. The van der Waals surface area contributed by atoms with Gasteiger partial charge in [0.25, 0.3) is 0 Å². The molecule has 1 unspecified atom stereocenters. The van der Waals surface area contributed by atoms with E-state index in [1.165, 1.54) is 218 Å². The molecule has 59 heavy (non-hydrogen) atoms. The van der Waals surface area contributed by atoms with Gasteiger partial charge in [-0.3, -0.25) is 13.8 Å². The average molecular weight is 859 g/mol. The fraction of sp³-hybridized carbons (Fsp3) is 0.980. The van der Waals surface area contributed by atoms with E-state index in [2.05, 4.69) is 19.2 Å². The maximum absolute atomic E-state index is 12.8. The Labute approximate surface area is 367 Å². The number of aliphatic hydroxyl groups excluding tert-OH is 1. The van der Waals surface area contributed by atoms with Crippen molar-refractivity contribution in [3.63, 3.8) is 0 Å². The molecule has 0 spiro atoms. The van der Waals surface area contributed by atoms with Gasteiger partial charge in [-0.2, -0.15) is 0 Å². The molecule has 0 bridgehead atoms. The van der Waals surface area contributed by atoms with Crippen molar-refractivity contribution < 1.29 is 28.4 Å². The van der Waals surface area contributed by atoms with Crippen molar-refractivity contribution in [3.8, 4) is 0 Å². The van der Waals surface area contributed by atoms with Gasteiger partial charge in [-0.05, 0) is 12.8 Å². The van der Waals surface area contributed by atoms with Crippen LogP contribution in [0.1, 0.15) is 284 Å². The van der Waals surface area contributed by atoms with Gasteiger partial charge in [0.05, 0.1) is 25.4 Å². The highest BCUT2D eigenvalue weighted by Crippen LogP contribution is 2.43. The Balaban J connectivity index is 3.93. The van der Waals surface area contributed by atoms with E-state index in [0.717, 1.165) is 38.5 Å². The molecule has 0 aliphatic rings. The van der Waals surface area contributed by atoms with Crippen molar-refractivity contribution in [3.05, 3.63) is 0 Å². The molecule has 0 saturated carbocycles. The van der Waals surface area contributed by atoms with Crippen LogP contribution in [-0.4, -0.2) is 47.8 Å². The highest BCUT2D eigenvalue weighted by atomic mass is 31.2. The van der Waals surface area contributed by atoms with Gasteiger partial charge in [-0.15, -0.1) is 0 Å². The number of carbonyl (C=O) groups excluding carboxylic acids is 1. The molecule has 354 valence electrons. The standard InChI is InChI=1S/C50H103N2O6P/c1-3-5-7-9-11-13-15-17-19-20-21-22-23-24-25-26-27-28-30-32-34-36-38-40-42-44-50(54)52-48(47-58-59(55,56)57-46-45-51)49(53)43-41-39-37-35-33-31-29-18-16-14-12-10-8-6-4-2/h48-49,53H,3-47,51H2,1-2H3,(H,52,54)(H,55,56)/t48-,49+/m0/s1. The first-order chi connectivity index (χ1) is 28.9. The first-order valence-electron chi connectivity index (χ1n) is 26.2. The van der Waals surface area contributed by atoms with Crippen LogP contribution in [0, 0.1) is 0 Å². The van der Waals surface area contributed by atoms with Crippen LogP contribution < -0.4 is 11.1 Å². The first-order valence-corrected chi connectivity index (χ1v) is 27.6. The summed E-state index contributed by atoms with van der Waals surface area (Å²) >= 11 is 0. The quantitative estimate of drug-likeness (QED) is 0.0354. The SMILES string of the molecule is CCCCCCCCCCCCCCCCCCCCCCCCCCCC(=O)N[C@@H](COP(=O)(O)OCCN)[C@H](O)CCCCCCCCCCCCCCCCC. The molecular formula is C50H103N2O6P. The second-order valence-corrected chi connectivity index (χ2v) is 19.6. The lowest BCUT2D eigenvalue weighted by Crippen LogP contribution is -2.46. The monoisotopic (exact) mass is 859 g/mol. The van der Waals surface area contributed by atoms with E-state index in [9.17, 15) is 19.4 Å². The van der Waals surface area contributed by atoms with Gasteiger partial charge in [-0.1, -0.05) is 264 Å². The van der Waals surface area contributed by atoms with Gasteiger partial charge in [0, 0.05) is 13.0 Å². The van der Waals surface area contributed by atoms with Gasteiger partial charge in [0.2, 0.25) is 5.91 Å². The summed E-state index contributed by atoms with van der Waals surface area (Å²) < 4.78 is 22.3. The van der Waals surface area contributed by atoms with Gasteiger partial charge >= 0.3 is 7.82 Å². The Morgan fingerprint density at radius 3 is 1.08 bits per heavy atom. The zero-order chi connectivity index (χ0) is 43.2. The summed E-state index contributed by atoms with van der Waals surface area (Å²) in [6, 6.07) is -0.768. The number of rotatable bonds is 50. The first kappa shape index (κ1) is 58.5. The van der Waals surface area contributed by atoms with Crippen molar-refractivity contribution >= 4 is 13.7 Å². The van der Waals surface area contributed by atoms with Gasteiger partial charge in [0.1, 0.15) is 0 Å². The number of phosphoric acid groups is 1. The van der Waals surface area contributed by atoms with Crippen LogP contribution in [0.4, 0.5) is 0 Å². The van der Waals surface area contributed by atoms with Gasteiger partial charge in [-0.25, -0.2) is 4.57 Å². The van der Waals surface area contributed by atoms with Crippen LogP contribution in [0.15, 0.2) is 0 Å². The van der Waals surface area contributed by atoms with Crippen molar-refractivity contribution in [1.29, 1.82) is 0 Å². The van der Waals surface area contributed by atoms with E-state index >= 15 is 0 Å². The Hall–Kier alpha value is -0.500. The fourth-order valence-electron chi connectivity index (χ4n) is 8.26. The summed E-state index contributed by atoms with van der Waals surface area (Å²) in [5.41, 5.74) is 5.40. The summed E-state index contributed by atoms with van der Waals surface area (Å²) in [6.07, 6.45) is 52.8. The second kappa shape index (κ2) is 47.0. The third kappa shape index (κ3) is 45.3. The Kier molecular flexibility index (Phi) is 46.6. The highest BCUT2D eigenvalue weighted by Gasteiger charge is 2.27. The van der Waals surface area contributed by atoms with Crippen LogP contribution >= 0.6 is 7.82 Å². The smallest absolute Gasteiger partial charge is 0.391 e. The van der Waals surface area contributed by atoms with Crippen LogP contribution in [0.25, 0.3) is 0 Å². The number of hydrogen-bond acceptors (Lipinski definition) is 6. The minimum absolute atomic E-state index is 0.0928. The third-order valence-corrected chi connectivity index (χ3v) is 13.2. The van der Waals surface area contributed by atoms with Crippen LogP contribution in [0.5, 0.6) is 0 Å². The number of hydrogen-bond donors (Lipinski definition) is 4. The van der Waals surface area contributed by atoms with Crippen LogP contribution in [0.2, 0.25) is 0 Å². The Morgan fingerprint density at radius 1 is 0.492 bits per heavy atom. The minimum atomic E-state index is -4.31. The minimum Gasteiger partial charge on any atom is -0.391 e. The number of nitrogens with one attached hydrogen (secondary N) is 1. The number of aliphatic hydroxyl groups is 1. The Bertz CT molecular complexity index is 895. The molecule has 1 amide bonds. The van der Waals surface area contributed by atoms with E-state index in [1.807, 2.05) is 0 Å². The highest BCUT2D eigenvalue weighted by molar-refractivity contribution is 7.47. The second-order valence-electron chi connectivity index (χ2n) is 18.1. The fourth-order valence-corrected chi connectivity index (χ4v) is 9.02. The lowest BCUT2D eigenvalue weighted by atomic mass is 10.0.